The molecule has 3 heterocycles. The Bertz CT molecular complexity index is 914. The summed E-state index contributed by atoms with van der Waals surface area (Å²) < 4.78 is 31.6. The zero-order valence-electron chi connectivity index (χ0n) is 13.2. The Morgan fingerprint density at radius 1 is 1.04 bits per heavy atom. The number of halogens is 2. The second-order valence-electron chi connectivity index (χ2n) is 5.34. The van der Waals surface area contributed by atoms with Gasteiger partial charge in [0.2, 0.25) is 0 Å². The molecule has 0 amide bonds. The molecule has 3 rings (SSSR count). The van der Waals surface area contributed by atoms with Crippen LogP contribution in [0.5, 0.6) is 11.5 Å². The number of Topliss-reactive ketones (excluding diaryl/α,β-unsaturated/α-hetero) is 1. The first kappa shape index (κ1) is 16.6. The Labute approximate surface area is 142 Å². The van der Waals surface area contributed by atoms with Crippen LogP contribution in [0.15, 0.2) is 48.9 Å². The molecule has 126 valence electrons. The van der Waals surface area contributed by atoms with E-state index in [1.54, 1.807) is 13.0 Å². The number of rotatable bonds is 5. The Morgan fingerprint density at radius 2 is 1.88 bits per heavy atom. The minimum Gasteiger partial charge on any atom is -0.455 e. The van der Waals surface area contributed by atoms with Crippen LogP contribution in [0.25, 0.3) is 0 Å². The van der Waals surface area contributed by atoms with Gasteiger partial charge in [0.25, 0.3) is 0 Å². The third kappa shape index (κ3) is 4.41. The van der Waals surface area contributed by atoms with Crippen molar-refractivity contribution in [2.75, 3.05) is 0 Å². The van der Waals surface area contributed by atoms with Crippen LogP contribution in [0.4, 0.5) is 8.78 Å². The first-order chi connectivity index (χ1) is 12.0. The monoisotopic (exact) mass is 341 g/mol. The number of aromatic nitrogens is 3. The van der Waals surface area contributed by atoms with E-state index in [-0.39, 0.29) is 23.6 Å². The Balaban J connectivity index is 1.80. The van der Waals surface area contributed by atoms with Crippen molar-refractivity contribution >= 4 is 5.78 Å². The van der Waals surface area contributed by atoms with Gasteiger partial charge in [-0.15, -0.1) is 0 Å². The van der Waals surface area contributed by atoms with Crippen LogP contribution in [0.1, 0.15) is 21.9 Å². The molecular weight excluding hydrogens is 328 g/mol. The summed E-state index contributed by atoms with van der Waals surface area (Å²) in [6.07, 6.45) is 3.47. The van der Waals surface area contributed by atoms with Gasteiger partial charge in [0.05, 0.1) is 25.0 Å². The van der Waals surface area contributed by atoms with E-state index in [2.05, 4.69) is 15.0 Å². The second kappa shape index (κ2) is 7.12. The molecule has 0 saturated carbocycles. The van der Waals surface area contributed by atoms with E-state index in [0.717, 1.165) is 12.4 Å². The summed E-state index contributed by atoms with van der Waals surface area (Å²) in [6.45, 7) is 1.71. The number of ether oxygens (including phenoxy) is 1. The topological polar surface area (TPSA) is 65.0 Å². The molecule has 0 aromatic carbocycles. The van der Waals surface area contributed by atoms with Gasteiger partial charge in [-0.2, -0.15) is 0 Å². The van der Waals surface area contributed by atoms with E-state index in [4.69, 9.17) is 4.74 Å². The summed E-state index contributed by atoms with van der Waals surface area (Å²) in [5.74, 6) is -0.726. The third-order valence-electron chi connectivity index (χ3n) is 3.26. The SMILES string of the molecule is Cc1cc(Oc2cncc(F)c2)cc(C(=O)Cc2ccc(F)cn2)n1. The molecule has 0 aliphatic heterocycles. The van der Waals surface area contributed by atoms with Crippen LogP contribution in [-0.4, -0.2) is 20.7 Å². The van der Waals surface area contributed by atoms with Crippen LogP contribution in [0.3, 0.4) is 0 Å². The summed E-state index contributed by atoms with van der Waals surface area (Å²) in [5, 5.41) is 0. The van der Waals surface area contributed by atoms with Gasteiger partial charge in [0.15, 0.2) is 5.78 Å². The summed E-state index contributed by atoms with van der Waals surface area (Å²) >= 11 is 0. The lowest BCUT2D eigenvalue weighted by Gasteiger charge is -2.08. The summed E-state index contributed by atoms with van der Waals surface area (Å²) in [7, 11) is 0. The first-order valence-electron chi connectivity index (χ1n) is 7.40. The number of hydrogen-bond donors (Lipinski definition) is 0. The van der Waals surface area contributed by atoms with Crippen molar-refractivity contribution in [2.45, 2.75) is 13.3 Å². The summed E-state index contributed by atoms with van der Waals surface area (Å²) in [6, 6.07) is 6.96. The van der Waals surface area contributed by atoms with Crippen molar-refractivity contribution < 1.29 is 18.3 Å². The smallest absolute Gasteiger partial charge is 0.187 e. The molecule has 0 bridgehead atoms. The van der Waals surface area contributed by atoms with Gasteiger partial charge in [-0.05, 0) is 19.1 Å². The minimum absolute atomic E-state index is 0.0162. The normalized spacial score (nSPS) is 10.5. The highest BCUT2D eigenvalue weighted by Gasteiger charge is 2.13. The standard InChI is InChI=1S/C18H13F2N3O2/c1-11-4-15(25-16-5-13(20)8-21-10-16)7-17(23-11)18(24)6-14-3-2-12(19)9-22-14/h2-5,7-10H,6H2,1H3. The zero-order valence-corrected chi connectivity index (χ0v) is 13.2. The van der Waals surface area contributed by atoms with Crippen LogP contribution in [-0.2, 0) is 6.42 Å². The quantitative estimate of drug-likeness (QED) is 0.663. The molecule has 5 nitrogen and oxygen atoms in total. The predicted molar refractivity (Wildman–Crippen MR) is 85.5 cm³/mol. The highest BCUT2D eigenvalue weighted by molar-refractivity contribution is 5.95. The van der Waals surface area contributed by atoms with E-state index in [9.17, 15) is 13.6 Å². The number of carbonyl (C=O) groups is 1. The summed E-state index contributed by atoms with van der Waals surface area (Å²) in [4.78, 5) is 24.1. The van der Waals surface area contributed by atoms with Gasteiger partial charge in [-0.1, -0.05) is 0 Å². The predicted octanol–water partition coefficient (Wildman–Crippen LogP) is 3.68. The second-order valence-corrected chi connectivity index (χ2v) is 5.34. The maximum Gasteiger partial charge on any atom is 0.187 e. The van der Waals surface area contributed by atoms with Gasteiger partial charge >= 0.3 is 0 Å². The summed E-state index contributed by atoms with van der Waals surface area (Å²) in [5.41, 5.74) is 1.19. The van der Waals surface area contributed by atoms with Crippen molar-refractivity contribution in [3.8, 4) is 11.5 Å². The van der Waals surface area contributed by atoms with Crippen molar-refractivity contribution in [3.05, 3.63) is 77.6 Å². The largest absolute Gasteiger partial charge is 0.455 e. The molecule has 3 aromatic rings. The van der Waals surface area contributed by atoms with E-state index < -0.39 is 11.6 Å². The van der Waals surface area contributed by atoms with Gasteiger partial charge in [-0.25, -0.2) is 13.8 Å². The van der Waals surface area contributed by atoms with Crippen molar-refractivity contribution in [3.63, 3.8) is 0 Å². The van der Waals surface area contributed by atoms with Crippen LogP contribution in [0.2, 0.25) is 0 Å². The highest BCUT2D eigenvalue weighted by Crippen LogP contribution is 2.23. The Hall–Kier alpha value is -3.22. The Morgan fingerprint density at radius 3 is 2.60 bits per heavy atom. The number of carbonyl (C=O) groups excluding carboxylic acids is 1. The molecule has 0 unspecified atom stereocenters. The van der Waals surface area contributed by atoms with E-state index in [1.165, 1.54) is 30.5 Å². The lowest BCUT2D eigenvalue weighted by molar-refractivity contribution is 0.0986. The number of aryl methyl sites for hydroxylation is 1. The van der Waals surface area contributed by atoms with Crippen LogP contribution >= 0.6 is 0 Å². The minimum atomic E-state index is -0.526. The van der Waals surface area contributed by atoms with Gasteiger partial charge in [0, 0.05) is 29.6 Å². The molecule has 0 spiro atoms. The molecule has 7 heteroatoms. The van der Waals surface area contributed by atoms with E-state index in [0.29, 0.717) is 17.1 Å². The lowest BCUT2D eigenvalue weighted by atomic mass is 10.1. The fourth-order valence-corrected chi connectivity index (χ4v) is 2.19. The third-order valence-corrected chi connectivity index (χ3v) is 3.26. The molecule has 0 atom stereocenters. The highest BCUT2D eigenvalue weighted by atomic mass is 19.1. The van der Waals surface area contributed by atoms with Crippen molar-refractivity contribution in [1.29, 1.82) is 0 Å². The zero-order chi connectivity index (χ0) is 17.8. The molecule has 3 aromatic heterocycles. The fourth-order valence-electron chi connectivity index (χ4n) is 2.19. The number of pyridine rings is 3. The number of nitrogens with zero attached hydrogens (tertiary/aromatic N) is 3. The van der Waals surface area contributed by atoms with E-state index in [1.807, 2.05) is 0 Å². The molecule has 0 fully saturated rings. The van der Waals surface area contributed by atoms with Crippen molar-refractivity contribution in [2.24, 2.45) is 0 Å². The lowest BCUT2D eigenvalue weighted by Crippen LogP contribution is -2.08. The molecular formula is C18H13F2N3O2. The maximum atomic E-state index is 13.2. The van der Waals surface area contributed by atoms with Gasteiger partial charge < -0.3 is 4.74 Å². The molecule has 0 aliphatic rings. The number of hydrogen-bond acceptors (Lipinski definition) is 5. The average Bonchev–Trinajstić information content (AvgIpc) is 2.56. The molecule has 0 radical (unpaired) electrons. The Kier molecular flexibility index (Phi) is 4.74. The van der Waals surface area contributed by atoms with E-state index >= 15 is 0 Å². The van der Waals surface area contributed by atoms with Crippen LogP contribution < -0.4 is 4.74 Å². The van der Waals surface area contributed by atoms with Crippen LogP contribution in [0, 0.1) is 18.6 Å². The van der Waals surface area contributed by atoms with Gasteiger partial charge in [0.1, 0.15) is 28.8 Å². The maximum absolute atomic E-state index is 13.2. The first-order valence-corrected chi connectivity index (χ1v) is 7.40. The molecule has 0 saturated heterocycles. The molecule has 25 heavy (non-hydrogen) atoms. The average molecular weight is 341 g/mol. The van der Waals surface area contributed by atoms with Gasteiger partial charge in [-0.3, -0.25) is 14.8 Å². The fraction of sp³-hybridized carbons (Fsp3) is 0.111. The number of ketones is 1. The molecule has 0 N–H and O–H groups in total. The van der Waals surface area contributed by atoms with Crippen molar-refractivity contribution in [1.82, 2.24) is 15.0 Å². The molecule has 0 aliphatic carbocycles.